The van der Waals surface area contributed by atoms with Gasteiger partial charge in [-0.15, -0.1) is 0 Å². The van der Waals surface area contributed by atoms with E-state index in [0.717, 1.165) is 38.3 Å². The highest BCUT2D eigenvalue weighted by atomic mass is 16.1. The third-order valence-corrected chi connectivity index (χ3v) is 3.60. The largest absolute Gasteiger partial charge is 0.303 e. The zero-order chi connectivity index (χ0) is 16.0. The highest BCUT2D eigenvalue weighted by Gasteiger charge is 1.89. The molecule has 0 amide bonds. The van der Waals surface area contributed by atoms with Crippen molar-refractivity contribution in [1.29, 1.82) is 0 Å². The zero-order valence-electron chi connectivity index (χ0n) is 14.6. The molecule has 0 radical (unpaired) electrons. The Kier molecular flexibility index (Phi) is 26.2. The standard InChI is InChI=1S/C10H20O.C9H18O/c1-2-3-4-5-6-7-8-9-10-11;1-2-3-4-5-6-7-8-9-10/h10H,2-9H2,1H3;9H,2-8H2,1H3. The molecular weight excluding hydrogens is 260 g/mol. The highest BCUT2D eigenvalue weighted by Crippen LogP contribution is 2.07. The Morgan fingerprint density at radius 3 is 1.05 bits per heavy atom. The first-order chi connectivity index (χ1) is 10.3. The van der Waals surface area contributed by atoms with Gasteiger partial charge in [0.05, 0.1) is 0 Å². The van der Waals surface area contributed by atoms with E-state index in [1.165, 1.54) is 70.6 Å². The maximum Gasteiger partial charge on any atom is 0.119 e. The summed E-state index contributed by atoms with van der Waals surface area (Å²) in [6.45, 7) is 4.44. The molecule has 0 atom stereocenters. The van der Waals surface area contributed by atoms with Gasteiger partial charge in [-0.3, -0.25) is 0 Å². The van der Waals surface area contributed by atoms with Crippen molar-refractivity contribution in [1.82, 2.24) is 0 Å². The Morgan fingerprint density at radius 2 is 0.762 bits per heavy atom. The van der Waals surface area contributed by atoms with Gasteiger partial charge in [0.15, 0.2) is 0 Å². The van der Waals surface area contributed by atoms with Crippen molar-refractivity contribution >= 4 is 12.6 Å². The van der Waals surface area contributed by atoms with Crippen molar-refractivity contribution in [2.75, 3.05) is 0 Å². The highest BCUT2D eigenvalue weighted by molar-refractivity contribution is 5.49. The van der Waals surface area contributed by atoms with Gasteiger partial charge in [-0.05, 0) is 12.8 Å². The summed E-state index contributed by atoms with van der Waals surface area (Å²) in [5.41, 5.74) is 0. The van der Waals surface area contributed by atoms with Gasteiger partial charge in [0.25, 0.3) is 0 Å². The maximum atomic E-state index is 9.94. The lowest BCUT2D eigenvalue weighted by molar-refractivity contribution is -0.108. The van der Waals surface area contributed by atoms with E-state index >= 15 is 0 Å². The van der Waals surface area contributed by atoms with Gasteiger partial charge in [0, 0.05) is 12.8 Å². The van der Waals surface area contributed by atoms with E-state index in [1.54, 1.807) is 0 Å². The van der Waals surface area contributed by atoms with E-state index < -0.39 is 0 Å². The molecule has 0 aromatic rings. The van der Waals surface area contributed by atoms with Crippen molar-refractivity contribution in [2.45, 2.75) is 110 Å². The summed E-state index contributed by atoms with van der Waals surface area (Å²) < 4.78 is 0. The Morgan fingerprint density at radius 1 is 0.476 bits per heavy atom. The van der Waals surface area contributed by atoms with E-state index in [9.17, 15) is 9.59 Å². The first-order valence-corrected chi connectivity index (χ1v) is 9.20. The molecule has 0 saturated carbocycles. The summed E-state index contributed by atoms with van der Waals surface area (Å²) >= 11 is 0. The molecule has 126 valence electrons. The number of aldehydes is 2. The molecular formula is C19H38O2. The number of carbonyl (C=O) groups excluding carboxylic acids is 2. The van der Waals surface area contributed by atoms with Crippen LogP contribution in [0.2, 0.25) is 0 Å². The summed E-state index contributed by atoms with van der Waals surface area (Å²) in [5, 5.41) is 0. The molecule has 0 fully saturated rings. The second kappa shape index (κ2) is 24.4. The smallest absolute Gasteiger partial charge is 0.119 e. The molecule has 2 nitrogen and oxygen atoms in total. The average Bonchev–Trinajstić information content (AvgIpc) is 2.51. The van der Waals surface area contributed by atoms with Crippen LogP contribution >= 0.6 is 0 Å². The molecule has 0 heterocycles. The average molecular weight is 299 g/mol. The minimum absolute atomic E-state index is 0.756. The summed E-state index contributed by atoms with van der Waals surface area (Å²) in [5.74, 6) is 0. The summed E-state index contributed by atoms with van der Waals surface area (Å²) in [4.78, 5) is 19.8. The van der Waals surface area contributed by atoms with Crippen LogP contribution < -0.4 is 0 Å². The van der Waals surface area contributed by atoms with Crippen LogP contribution in [-0.4, -0.2) is 12.6 Å². The fourth-order valence-electron chi connectivity index (χ4n) is 2.19. The molecule has 0 aliphatic carbocycles. The van der Waals surface area contributed by atoms with Gasteiger partial charge in [-0.1, -0.05) is 84.5 Å². The quantitative estimate of drug-likeness (QED) is 0.264. The van der Waals surface area contributed by atoms with Crippen molar-refractivity contribution in [3.05, 3.63) is 0 Å². The number of hydrogen-bond donors (Lipinski definition) is 0. The fourth-order valence-corrected chi connectivity index (χ4v) is 2.19. The molecule has 0 unspecified atom stereocenters. The molecule has 21 heavy (non-hydrogen) atoms. The van der Waals surface area contributed by atoms with Crippen LogP contribution in [0, 0.1) is 0 Å². The van der Waals surface area contributed by atoms with Crippen LogP contribution in [0.5, 0.6) is 0 Å². The van der Waals surface area contributed by atoms with Crippen LogP contribution in [0.25, 0.3) is 0 Å². The number of carbonyl (C=O) groups is 2. The van der Waals surface area contributed by atoms with Crippen molar-refractivity contribution in [2.24, 2.45) is 0 Å². The third kappa shape index (κ3) is 28.3. The van der Waals surface area contributed by atoms with Crippen LogP contribution in [0.4, 0.5) is 0 Å². The summed E-state index contributed by atoms with van der Waals surface area (Å²) in [6.07, 6.45) is 20.2. The second-order valence-corrected chi connectivity index (χ2v) is 5.80. The van der Waals surface area contributed by atoms with Crippen molar-refractivity contribution in [3.8, 4) is 0 Å². The van der Waals surface area contributed by atoms with Crippen LogP contribution in [0.3, 0.4) is 0 Å². The Balaban J connectivity index is 0. The van der Waals surface area contributed by atoms with Crippen LogP contribution in [-0.2, 0) is 9.59 Å². The Bertz CT molecular complexity index is 190. The van der Waals surface area contributed by atoms with Gasteiger partial charge in [0.2, 0.25) is 0 Å². The minimum Gasteiger partial charge on any atom is -0.303 e. The lowest BCUT2D eigenvalue weighted by Gasteiger charge is -1.97. The van der Waals surface area contributed by atoms with Gasteiger partial charge in [-0.25, -0.2) is 0 Å². The number of unbranched alkanes of at least 4 members (excludes halogenated alkanes) is 13. The molecule has 0 aliphatic rings. The maximum absolute atomic E-state index is 9.94. The summed E-state index contributed by atoms with van der Waals surface area (Å²) in [7, 11) is 0. The fraction of sp³-hybridized carbons (Fsp3) is 0.895. The van der Waals surface area contributed by atoms with Gasteiger partial charge < -0.3 is 9.59 Å². The SMILES string of the molecule is CCCCCCCCC=O.CCCCCCCCCC=O. The van der Waals surface area contributed by atoms with Crippen molar-refractivity contribution < 1.29 is 9.59 Å². The first-order valence-electron chi connectivity index (χ1n) is 9.20. The summed E-state index contributed by atoms with van der Waals surface area (Å²) in [6, 6.07) is 0. The lowest BCUT2D eigenvalue weighted by atomic mass is 10.1. The van der Waals surface area contributed by atoms with Crippen molar-refractivity contribution in [3.63, 3.8) is 0 Å². The molecule has 0 saturated heterocycles. The third-order valence-electron chi connectivity index (χ3n) is 3.60. The molecule has 0 rings (SSSR count). The van der Waals surface area contributed by atoms with Crippen LogP contribution in [0.1, 0.15) is 110 Å². The van der Waals surface area contributed by atoms with Gasteiger partial charge in [-0.2, -0.15) is 0 Å². The van der Waals surface area contributed by atoms with E-state index in [0.29, 0.717) is 0 Å². The zero-order valence-corrected chi connectivity index (χ0v) is 14.6. The number of rotatable bonds is 15. The molecule has 0 N–H and O–H groups in total. The first kappa shape index (κ1) is 22.6. The predicted octanol–water partition coefficient (Wildman–Crippen LogP) is 6.26. The predicted molar refractivity (Wildman–Crippen MR) is 92.7 cm³/mol. The monoisotopic (exact) mass is 298 g/mol. The molecule has 0 aliphatic heterocycles. The Hall–Kier alpha value is -0.660. The topological polar surface area (TPSA) is 34.1 Å². The molecule has 0 aromatic carbocycles. The van der Waals surface area contributed by atoms with E-state index in [-0.39, 0.29) is 0 Å². The minimum atomic E-state index is 0.756. The normalized spacial score (nSPS) is 9.81. The molecule has 2 heteroatoms. The number of hydrogen-bond acceptors (Lipinski definition) is 2. The molecule has 0 aromatic heterocycles. The van der Waals surface area contributed by atoms with Gasteiger partial charge in [0.1, 0.15) is 12.6 Å². The molecule has 0 bridgehead atoms. The van der Waals surface area contributed by atoms with E-state index in [1.807, 2.05) is 0 Å². The van der Waals surface area contributed by atoms with Gasteiger partial charge >= 0.3 is 0 Å². The second-order valence-electron chi connectivity index (χ2n) is 5.80. The molecule has 0 spiro atoms. The van der Waals surface area contributed by atoms with E-state index in [4.69, 9.17) is 0 Å². The van der Waals surface area contributed by atoms with Crippen LogP contribution in [0.15, 0.2) is 0 Å². The van der Waals surface area contributed by atoms with E-state index in [2.05, 4.69) is 13.8 Å². The lowest BCUT2D eigenvalue weighted by Crippen LogP contribution is -1.80. The Labute approximate surface area is 133 Å².